The molecule has 0 radical (unpaired) electrons. The standard InChI is InChI=1S/C18H27N2O3P/c1-13(2)20(14(3)4)24-23-17(7-6-12-19)15-8-10-16(11-9-15)18(21)22-5/h8-11,13-14,17,24H,6-7H2,1-5H3. The van der Waals surface area contributed by atoms with Crippen LogP contribution in [0.4, 0.5) is 0 Å². The van der Waals surface area contributed by atoms with Crippen LogP contribution in [0.15, 0.2) is 24.3 Å². The molecule has 0 bridgehead atoms. The maximum Gasteiger partial charge on any atom is 0.337 e. The summed E-state index contributed by atoms with van der Waals surface area (Å²) in [6.45, 7) is 8.58. The van der Waals surface area contributed by atoms with E-state index < -0.39 is 0 Å². The lowest BCUT2D eigenvalue weighted by atomic mass is 10.0. The van der Waals surface area contributed by atoms with Gasteiger partial charge in [0.2, 0.25) is 0 Å². The fourth-order valence-corrected chi connectivity index (χ4v) is 3.30. The van der Waals surface area contributed by atoms with Crippen LogP contribution in [-0.4, -0.2) is 29.8 Å². The van der Waals surface area contributed by atoms with Gasteiger partial charge in [0.15, 0.2) is 0 Å². The van der Waals surface area contributed by atoms with Crippen molar-refractivity contribution < 1.29 is 14.1 Å². The molecule has 5 nitrogen and oxygen atoms in total. The van der Waals surface area contributed by atoms with Crippen molar-refractivity contribution in [3.05, 3.63) is 35.4 Å². The van der Waals surface area contributed by atoms with Gasteiger partial charge in [0.25, 0.3) is 0 Å². The van der Waals surface area contributed by atoms with E-state index in [-0.39, 0.29) is 21.0 Å². The maximum absolute atomic E-state index is 11.5. The molecule has 1 rings (SSSR count). The quantitative estimate of drug-likeness (QED) is 0.486. The topological polar surface area (TPSA) is 62.6 Å². The average molecular weight is 350 g/mol. The second-order valence-electron chi connectivity index (χ2n) is 6.10. The van der Waals surface area contributed by atoms with E-state index in [1.807, 2.05) is 12.1 Å². The van der Waals surface area contributed by atoms with Crippen molar-refractivity contribution in [2.45, 2.75) is 58.7 Å². The number of hydrogen-bond acceptors (Lipinski definition) is 5. The van der Waals surface area contributed by atoms with E-state index in [2.05, 4.69) is 38.4 Å². The highest BCUT2D eigenvalue weighted by molar-refractivity contribution is 7.29. The van der Waals surface area contributed by atoms with E-state index >= 15 is 0 Å². The van der Waals surface area contributed by atoms with Gasteiger partial charge in [0.1, 0.15) is 0 Å². The molecule has 0 aliphatic heterocycles. The molecular formula is C18H27N2O3P. The number of nitriles is 1. The lowest BCUT2D eigenvalue weighted by molar-refractivity contribution is 0.0600. The summed E-state index contributed by atoms with van der Waals surface area (Å²) in [5.74, 6) is -0.358. The predicted octanol–water partition coefficient (Wildman–Crippen LogP) is 4.46. The van der Waals surface area contributed by atoms with Crippen molar-refractivity contribution in [1.29, 1.82) is 5.26 Å². The fraction of sp³-hybridized carbons (Fsp3) is 0.556. The van der Waals surface area contributed by atoms with Crippen LogP contribution in [0.1, 0.15) is 62.6 Å². The largest absolute Gasteiger partial charge is 0.465 e. The normalized spacial score (nSPS) is 13.0. The van der Waals surface area contributed by atoms with E-state index in [4.69, 9.17) is 14.5 Å². The maximum atomic E-state index is 11.5. The number of ether oxygens (including phenoxy) is 1. The molecule has 2 unspecified atom stereocenters. The third-order valence-electron chi connectivity index (χ3n) is 3.63. The van der Waals surface area contributed by atoms with Crippen LogP contribution < -0.4 is 0 Å². The lowest BCUT2D eigenvalue weighted by Gasteiger charge is -2.31. The molecule has 0 aromatic heterocycles. The molecule has 0 saturated heterocycles. The van der Waals surface area contributed by atoms with E-state index in [0.29, 0.717) is 30.5 Å². The summed E-state index contributed by atoms with van der Waals surface area (Å²) in [5, 5.41) is 8.89. The van der Waals surface area contributed by atoms with Gasteiger partial charge in [0, 0.05) is 18.5 Å². The van der Waals surface area contributed by atoms with Gasteiger partial charge in [-0.1, -0.05) is 12.1 Å². The van der Waals surface area contributed by atoms with Gasteiger partial charge < -0.3 is 9.26 Å². The summed E-state index contributed by atoms with van der Waals surface area (Å²) in [7, 11) is 1.59. The van der Waals surface area contributed by atoms with Gasteiger partial charge in [-0.3, -0.25) is 4.67 Å². The lowest BCUT2D eigenvalue weighted by Crippen LogP contribution is -2.29. The first kappa shape index (κ1) is 20.6. The number of hydrogen-bond donors (Lipinski definition) is 0. The Balaban J connectivity index is 2.84. The van der Waals surface area contributed by atoms with Crippen LogP contribution in [0.3, 0.4) is 0 Å². The smallest absolute Gasteiger partial charge is 0.337 e. The van der Waals surface area contributed by atoms with Gasteiger partial charge in [-0.2, -0.15) is 5.26 Å². The predicted molar refractivity (Wildman–Crippen MR) is 96.9 cm³/mol. The van der Waals surface area contributed by atoms with Crippen molar-refractivity contribution in [2.75, 3.05) is 7.11 Å². The summed E-state index contributed by atoms with van der Waals surface area (Å²) in [6.07, 6.45) is 0.900. The Morgan fingerprint density at radius 1 is 1.21 bits per heavy atom. The number of esters is 1. The second-order valence-corrected chi connectivity index (χ2v) is 7.04. The van der Waals surface area contributed by atoms with Gasteiger partial charge in [-0.15, -0.1) is 0 Å². The second kappa shape index (κ2) is 10.4. The van der Waals surface area contributed by atoms with Crippen molar-refractivity contribution in [1.82, 2.24) is 4.67 Å². The molecule has 1 aromatic carbocycles. The molecule has 0 heterocycles. The number of methoxy groups -OCH3 is 1. The van der Waals surface area contributed by atoms with Gasteiger partial charge in [0.05, 0.1) is 33.8 Å². The zero-order valence-electron chi connectivity index (χ0n) is 15.1. The van der Waals surface area contributed by atoms with E-state index in [1.165, 1.54) is 7.11 Å². The summed E-state index contributed by atoms with van der Waals surface area (Å²) >= 11 is 0. The molecule has 0 amide bonds. The van der Waals surface area contributed by atoms with E-state index in [1.54, 1.807) is 12.1 Å². The monoisotopic (exact) mass is 350 g/mol. The number of carbonyl (C=O) groups excluding carboxylic acids is 1. The minimum absolute atomic E-state index is 0.158. The minimum Gasteiger partial charge on any atom is -0.465 e. The Morgan fingerprint density at radius 3 is 2.25 bits per heavy atom. The number of rotatable bonds is 9. The molecule has 2 atom stereocenters. The van der Waals surface area contributed by atoms with Crippen molar-refractivity contribution in [2.24, 2.45) is 0 Å². The van der Waals surface area contributed by atoms with Crippen LogP contribution in [0.25, 0.3) is 0 Å². The highest BCUT2D eigenvalue weighted by Gasteiger charge is 2.19. The zero-order valence-corrected chi connectivity index (χ0v) is 16.1. The minimum atomic E-state index is -0.358. The van der Waals surface area contributed by atoms with Crippen molar-refractivity contribution in [3.8, 4) is 6.07 Å². The van der Waals surface area contributed by atoms with Crippen LogP contribution in [-0.2, 0) is 9.26 Å². The van der Waals surface area contributed by atoms with E-state index in [9.17, 15) is 4.79 Å². The molecule has 0 N–H and O–H groups in total. The SMILES string of the molecule is COC(=O)c1ccc(C(CCC#N)OPN(C(C)C)C(C)C)cc1. The molecule has 0 aliphatic rings. The summed E-state index contributed by atoms with van der Waals surface area (Å²) in [6, 6.07) is 10.2. The van der Waals surface area contributed by atoms with Crippen LogP contribution in [0.2, 0.25) is 0 Å². The molecule has 6 heteroatoms. The molecule has 24 heavy (non-hydrogen) atoms. The zero-order chi connectivity index (χ0) is 18.1. The third-order valence-corrected chi connectivity index (χ3v) is 5.27. The summed E-state index contributed by atoms with van der Waals surface area (Å²) in [4.78, 5) is 11.5. The van der Waals surface area contributed by atoms with Crippen LogP contribution >= 0.6 is 8.96 Å². The molecule has 1 aromatic rings. The Kier molecular flexibility index (Phi) is 8.92. The Morgan fingerprint density at radius 2 is 1.79 bits per heavy atom. The highest BCUT2D eigenvalue weighted by Crippen LogP contribution is 2.35. The Hall–Kier alpha value is -1.47. The van der Waals surface area contributed by atoms with Gasteiger partial charge in [-0.25, -0.2) is 4.79 Å². The molecule has 0 spiro atoms. The fourth-order valence-electron chi connectivity index (χ4n) is 2.37. The highest BCUT2D eigenvalue weighted by atomic mass is 31.1. The number of carbonyl (C=O) groups is 1. The Bertz CT molecular complexity index is 544. The third kappa shape index (κ3) is 6.20. The molecule has 132 valence electrons. The first-order chi connectivity index (χ1) is 11.4. The van der Waals surface area contributed by atoms with Crippen molar-refractivity contribution in [3.63, 3.8) is 0 Å². The first-order valence-electron chi connectivity index (χ1n) is 8.15. The van der Waals surface area contributed by atoms with E-state index in [0.717, 1.165) is 5.56 Å². The number of nitrogens with zero attached hydrogens (tertiary/aromatic N) is 2. The first-order valence-corrected chi connectivity index (χ1v) is 9.01. The molecule has 0 fully saturated rings. The van der Waals surface area contributed by atoms with Gasteiger partial charge >= 0.3 is 5.97 Å². The van der Waals surface area contributed by atoms with Crippen LogP contribution in [0, 0.1) is 11.3 Å². The molecule has 0 saturated carbocycles. The summed E-state index contributed by atoms with van der Waals surface area (Å²) in [5.41, 5.74) is 1.48. The molecule has 0 aliphatic carbocycles. The summed E-state index contributed by atoms with van der Waals surface area (Å²) < 4.78 is 13.1. The van der Waals surface area contributed by atoms with Crippen LogP contribution in [0.5, 0.6) is 0 Å². The number of benzene rings is 1. The van der Waals surface area contributed by atoms with Crippen molar-refractivity contribution >= 4 is 14.9 Å². The molecular weight excluding hydrogens is 323 g/mol. The average Bonchev–Trinajstić information content (AvgIpc) is 2.56. The van der Waals surface area contributed by atoms with Gasteiger partial charge in [-0.05, 0) is 51.8 Å². The Labute approximate surface area is 146 Å².